The van der Waals surface area contributed by atoms with Crippen molar-refractivity contribution in [3.05, 3.63) is 59.1 Å². The number of amides is 1. The standard InChI is InChI=1S/C18H19ClN2O2/c19-15-5-7-16(8-6-15)23-13-18(22)20-10-12-21-11-9-14-3-1-2-4-17(14)21/h1-8H,9-13H2,(H,20,22). The maximum absolute atomic E-state index is 11.8. The molecule has 0 saturated carbocycles. The average molecular weight is 331 g/mol. The first-order valence-electron chi connectivity index (χ1n) is 7.70. The molecule has 4 nitrogen and oxygen atoms in total. The fourth-order valence-corrected chi connectivity index (χ4v) is 2.83. The van der Waals surface area contributed by atoms with Gasteiger partial charge in [-0.25, -0.2) is 0 Å². The molecule has 1 aliphatic rings. The van der Waals surface area contributed by atoms with Crippen LogP contribution in [0.1, 0.15) is 5.56 Å². The number of hydrogen-bond donors (Lipinski definition) is 1. The second kappa shape index (κ2) is 7.38. The molecule has 1 aliphatic heterocycles. The van der Waals surface area contributed by atoms with Crippen molar-refractivity contribution in [2.45, 2.75) is 6.42 Å². The Hall–Kier alpha value is -2.20. The van der Waals surface area contributed by atoms with Gasteiger partial charge in [0.25, 0.3) is 5.91 Å². The highest BCUT2D eigenvalue weighted by Gasteiger charge is 2.17. The maximum atomic E-state index is 11.8. The highest BCUT2D eigenvalue weighted by atomic mass is 35.5. The molecular weight excluding hydrogens is 312 g/mol. The summed E-state index contributed by atoms with van der Waals surface area (Å²) in [6.07, 6.45) is 1.07. The first kappa shape index (κ1) is 15.7. The van der Waals surface area contributed by atoms with Gasteiger partial charge in [0.2, 0.25) is 0 Å². The van der Waals surface area contributed by atoms with Gasteiger partial charge in [-0.1, -0.05) is 29.8 Å². The van der Waals surface area contributed by atoms with Crippen LogP contribution in [-0.4, -0.2) is 32.1 Å². The normalized spacial score (nSPS) is 12.8. The van der Waals surface area contributed by atoms with Crippen molar-refractivity contribution < 1.29 is 9.53 Å². The van der Waals surface area contributed by atoms with Crippen LogP contribution in [0, 0.1) is 0 Å². The smallest absolute Gasteiger partial charge is 0.258 e. The molecule has 2 aromatic rings. The number of carbonyl (C=O) groups excluding carboxylic acids is 1. The minimum absolute atomic E-state index is 0.0121. The van der Waals surface area contributed by atoms with Gasteiger partial charge in [0.05, 0.1) is 0 Å². The molecule has 0 unspecified atom stereocenters. The second-order valence-electron chi connectivity index (χ2n) is 5.46. The molecule has 2 aromatic carbocycles. The number of benzene rings is 2. The number of anilines is 1. The molecule has 23 heavy (non-hydrogen) atoms. The molecule has 5 heteroatoms. The number of nitrogens with zero attached hydrogens (tertiary/aromatic N) is 1. The zero-order chi connectivity index (χ0) is 16.1. The molecule has 3 rings (SSSR count). The quantitative estimate of drug-likeness (QED) is 0.885. The number of halogens is 1. The Morgan fingerprint density at radius 2 is 1.96 bits per heavy atom. The zero-order valence-corrected chi connectivity index (χ0v) is 13.6. The van der Waals surface area contributed by atoms with Gasteiger partial charge in [-0.3, -0.25) is 4.79 Å². The number of nitrogens with one attached hydrogen (secondary N) is 1. The molecule has 1 heterocycles. The first-order chi connectivity index (χ1) is 11.2. The Kier molecular flexibility index (Phi) is 5.03. The third-order valence-electron chi connectivity index (χ3n) is 3.87. The average Bonchev–Trinajstić information content (AvgIpc) is 2.98. The Morgan fingerprint density at radius 1 is 1.17 bits per heavy atom. The lowest BCUT2D eigenvalue weighted by Crippen LogP contribution is -2.36. The third-order valence-corrected chi connectivity index (χ3v) is 4.12. The molecule has 0 fully saturated rings. The predicted molar refractivity (Wildman–Crippen MR) is 92.3 cm³/mol. The number of carbonyl (C=O) groups is 1. The van der Waals surface area contributed by atoms with E-state index in [-0.39, 0.29) is 12.5 Å². The summed E-state index contributed by atoms with van der Waals surface area (Å²) in [7, 11) is 0. The summed E-state index contributed by atoms with van der Waals surface area (Å²) in [5, 5.41) is 3.54. The minimum atomic E-state index is -0.118. The van der Waals surface area contributed by atoms with E-state index in [2.05, 4.69) is 34.5 Å². The highest BCUT2D eigenvalue weighted by Crippen LogP contribution is 2.26. The van der Waals surface area contributed by atoms with Crippen molar-refractivity contribution in [3.63, 3.8) is 0 Å². The molecule has 0 atom stereocenters. The van der Waals surface area contributed by atoms with E-state index in [9.17, 15) is 4.79 Å². The van der Waals surface area contributed by atoms with E-state index < -0.39 is 0 Å². The molecule has 0 saturated heterocycles. The predicted octanol–water partition coefficient (Wildman–Crippen LogP) is 2.90. The van der Waals surface area contributed by atoms with Crippen molar-refractivity contribution >= 4 is 23.2 Å². The lowest BCUT2D eigenvalue weighted by atomic mass is 10.2. The van der Waals surface area contributed by atoms with Crippen LogP contribution in [0.5, 0.6) is 5.75 Å². The molecule has 0 spiro atoms. The van der Waals surface area contributed by atoms with Crippen LogP contribution < -0.4 is 15.0 Å². The molecule has 0 aliphatic carbocycles. The topological polar surface area (TPSA) is 41.6 Å². The molecule has 0 bridgehead atoms. The molecule has 0 radical (unpaired) electrons. The number of para-hydroxylation sites is 1. The van der Waals surface area contributed by atoms with Gasteiger partial charge in [-0.05, 0) is 42.3 Å². The number of rotatable bonds is 6. The molecule has 0 aromatic heterocycles. The van der Waals surface area contributed by atoms with Crippen molar-refractivity contribution in [3.8, 4) is 5.75 Å². The summed E-state index contributed by atoms with van der Waals surface area (Å²) in [6, 6.07) is 15.4. The summed E-state index contributed by atoms with van der Waals surface area (Å²) < 4.78 is 5.42. The molecule has 120 valence electrons. The summed E-state index contributed by atoms with van der Waals surface area (Å²) >= 11 is 5.80. The van der Waals surface area contributed by atoms with Crippen LogP contribution in [0.2, 0.25) is 5.02 Å². The summed E-state index contributed by atoms with van der Waals surface area (Å²) in [6.45, 7) is 2.44. The summed E-state index contributed by atoms with van der Waals surface area (Å²) in [5.41, 5.74) is 2.66. The molecule has 1 N–H and O–H groups in total. The van der Waals surface area contributed by atoms with Gasteiger partial charge in [0, 0.05) is 30.3 Å². The van der Waals surface area contributed by atoms with Gasteiger partial charge in [-0.15, -0.1) is 0 Å². The van der Waals surface area contributed by atoms with E-state index in [1.807, 2.05) is 0 Å². The minimum Gasteiger partial charge on any atom is -0.484 e. The molecular formula is C18H19ClN2O2. The van der Waals surface area contributed by atoms with Crippen LogP contribution in [0.4, 0.5) is 5.69 Å². The van der Waals surface area contributed by atoms with E-state index in [1.165, 1.54) is 11.3 Å². The van der Waals surface area contributed by atoms with E-state index in [4.69, 9.17) is 16.3 Å². The zero-order valence-electron chi connectivity index (χ0n) is 12.8. The van der Waals surface area contributed by atoms with Crippen molar-refractivity contribution in [1.29, 1.82) is 0 Å². The van der Waals surface area contributed by atoms with Crippen molar-refractivity contribution in [2.75, 3.05) is 31.1 Å². The highest BCUT2D eigenvalue weighted by molar-refractivity contribution is 6.30. The Labute approximate surface area is 141 Å². The van der Waals surface area contributed by atoms with Crippen LogP contribution in [0.3, 0.4) is 0 Å². The number of ether oxygens (including phenoxy) is 1. The monoisotopic (exact) mass is 330 g/mol. The lowest BCUT2D eigenvalue weighted by Gasteiger charge is -2.19. The van der Waals surface area contributed by atoms with E-state index in [1.54, 1.807) is 24.3 Å². The Morgan fingerprint density at radius 3 is 2.78 bits per heavy atom. The van der Waals surface area contributed by atoms with E-state index >= 15 is 0 Å². The number of fused-ring (bicyclic) bond motifs is 1. The lowest BCUT2D eigenvalue weighted by molar-refractivity contribution is -0.123. The van der Waals surface area contributed by atoms with Gasteiger partial charge >= 0.3 is 0 Å². The van der Waals surface area contributed by atoms with E-state index in [0.717, 1.165) is 19.5 Å². The maximum Gasteiger partial charge on any atom is 0.258 e. The van der Waals surface area contributed by atoms with Crippen LogP contribution in [-0.2, 0) is 11.2 Å². The third kappa shape index (κ3) is 4.17. The van der Waals surface area contributed by atoms with Crippen molar-refractivity contribution in [1.82, 2.24) is 5.32 Å². The summed E-state index contributed by atoms with van der Waals surface area (Å²) in [5.74, 6) is 0.519. The van der Waals surface area contributed by atoms with Gasteiger partial charge in [-0.2, -0.15) is 0 Å². The number of hydrogen-bond acceptors (Lipinski definition) is 3. The first-order valence-corrected chi connectivity index (χ1v) is 8.08. The van der Waals surface area contributed by atoms with Crippen LogP contribution in [0.15, 0.2) is 48.5 Å². The summed E-state index contributed by atoms with van der Waals surface area (Å²) in [4.78, 5) is 14.1. The SMILES string of the molecule is O=C(COc1ccc(Cl)cc1)NCCN1CCc2ccccc21. The van der Waals surface area contributed by atoms with Crippen molar-refractivity contribution in [2.24, 2.45) is 0 Å². The Balaban J connectivity index is 1.39. The van der Waals surface area contributed by atoms with Crippen LogP contribution >= 0.6 is 11.6 Å². The van der Waals surface area contributed by atoms with Gasteiger partial charge in [0.1, 0.15) is 5.75 Å². The Bertz CT molecular complexity index is 673. The fraction of sp³-hybridized carbons (Fsp3) is 0.278. The largest absolute Gasteiger partial charge is 0.484 e. The van der Waals surface area contributed by atoms with E-state index in [0.29, 0.717) is 17.3 Å². The van der Waals surface area contributed by atoms with Crippen LogP contribution in [0.25, 0.3) is 0 Å². The van der Waals surface area contributed by atoms with Gasteiger partial charge in [0.15, 0.2) is 6.61 Å². The van der Waals surface area contributed by atoms with Gasteiger partial charge < -0.3 is 15.0 Å². The molecule has 1 amide bonds. The fourth-order valence-electron chi connectivity index (χ4n) is 2.70. The second-order valence-corrected chi connectivity index (χ2v) is 5.89.